The first-order chi connectivity index (χ1) is 44.5. The smallest absolute Gasteiger partial charge is 0.142 e. The molecule has 6 nitrogen and oxygen atoms in total. The van der Waals surface area contributed by atoms with Crippen molar-refractivity contribution < 1.29 is 8.83 Å². The van der Waals surface area contributed by atoms with Crippen molar-refractivity contribution in [3.05, 3.63) is 333 Å². The molecule has 4 heterocycles. The Bertz CT molecular complexity index is 5530. The number of para-hydroxylation sites is 5. The maximum absolute atomic E-state index is 6.80. The van der Waals surface area contributed by atoms with Gasteiger partial charge in [-0.3, -0.25) is 0 Å². The van der Waals surface area contributed by atoms with E-state index in [1.807, 2.05) is 18.2 Å². The number of hydrogen-bond acceptors (Lipinski definition) is 5. The molecule has 1 aliphatic rings. The van der Waals surface area contributed by atoms with E-state index < -0.39 is 0 Å². The molecule has 2 N–H and O–H groups in total. The van der Waals surface area contributed by atoms with E-state index in [1.165, 1.54) is 10.8 Å². The van der Waals surface area contributed by atoms with Crippen LogP contribution >= 0.6 is 0 Å². The zero-order valence-electron chi connectivity index (χ0n) is 48.9. The Morgan fingerprint density at radius 1 is 0.311 bits per heavy atom. The lowest BCUT2D eigenvalue weighted by Crippen LogP contribution is -2.12. The molecule has 13 aromatic carbocycles. The highest BCUT2D eigenvalue weighted by molar-refractivity contribution is 6.11. The van der Waals surface area contributed by atoms with Crippen LogP contribution in [0.3, 0.4) is 0 Å². The number of anilines is 6. The lowest BCUT2D eigenvalue weighted by atomic mass is 9.95. The highest BCUT2D eigenvalue weighted by Gasteiger charge is 2.25. The highest BCUT2D eigenvalue weighted by atomic mass is 16.3. The van der Waals surface area contributed by atoms with Crippen molar-refractivity contribution in [2.75, 3.05) is 15.5 Å². The molecule has 0 bridgehead atoms. The van der Waals surface area contributed by atoms with Crippen LogP contribution in [-0.2, 0) is 0 Å². The first kappa shape index (κ1) is 52.2. The number of nitrogens with one attached hydrogen (secondary N) is 2. The average molecular weight is 1150 g/mol. The number of fused-ring (bicyclic) bond motifs is 10. The number of furan rings is 2. The van der Waals surface area contributed by atoms with Crippen molar-refractivity contribution >= 4 is 100 Å². The molecule has 0 unspecified atom stereocenters. The molecule has 1 aliphatic heterocycles. The summed E-state index contributed by atoms with van der Waals surface area (Å²) in [6.45, 7) is 4.75. The van der Waals surface area contributed by atoms with Gasteiger partial charge in [0.2, 0.25) is 0 Å². The van der Waals surface area contributed by atoms with Crippen molar-refractivity contribution in [1.29, 1.82) is 0 Å². The molecular weight excluding hydrogens is 1100 g/mol. The molecule has 90 heavy (non-hydrogen) atoms. The van der Waals surface area contributed by atoms with Gasteiger partial charge in [-0.1, -0.05) is 189 Å². The summed E-state index contributed by atoms with van der Waals surface area (Å²) in [4.78, 5) is 2.28. The average Bonchev–Trinajstić information content (AvgIpc) is 1.64. The zero-order valence-corrected chi connectivity index (χ0v) is 48.9. The third-order valence-corrected chi connectivity index (χ3v) is 17.7. The van der Waals surface area contributed by atoms with Gasteiger partial charge in [0.05, 0.1) is 16.7 Å². The Labute approximate surface area is 520 Å². The van der Waals surface area contributed by atoms with Crippen LogP contribution in [0.5, 0.6) is 0 Å². The largest absolute Gasteiger partial charge is 0.456 e. The van der Waals surface area contributed by atoms with Gasteiger partial charge in [-0.25, -0.2) is 0 Å². The quantitative estimate of drug-likeness (QED) is 0.135. The van der Waals surface area contributed by atoms with E-state index in [0.717, 1.165) is 162 Å². The Balaban J connectivity index is 0.689. The van der Waals surface area contributed by atoms with Gasteiger partial charge < -0.3 is 28.9 Å². The van der Waals surface area contributed by atoms with Crippen LogP contribution in [-0.4, -0.2) is 4.57 Å². The maximum atomic E-state index is 6.80. The fourth-order valence-corrected chi connectivity index (χ4v) is 13.3. The molecule has 0 amide bonds. The van der Waals surface area contributed by atoms with Crippen molar-refractivity contribution in [2.24, 2.45) is 0 Å². The fourth-order valence-electron chi connectivity index (χ4n) is 13.3. The van der Waals surface area contributed by atoms with Crippen LogP contribution in [0, 0.1) is 0 Å². The van der Waals surface area contributed by atoms with Crippen LogP contribution in [0.15, 0.2) is 325 Å². The van der Waals surface area contributed by atoms with E-state index in [9.17, 15) is 0 Å². The van der Waals surface area contributed by atoms with Gasteiger partial charge in [-0.15, -0.1) is 0 Å². The lowest BCUT2D eigenvalue weighted by Gasteiger charge is -2.26. The molecule has 0 aliphatic carbocycles. The predicted molar refractivity (Wildman–Crippen MR) is 377 cm³/mol. The van der Waals surface area contributed by atoms with Crippen LogP contribution in [0.1, 0.15) is 16.9 Å². The number of benzene rings is 13. The normalized spacial score (nSPS) is 12.5. The van der Waals surface area contributed by atoms with Crippen molar-refractivity contribution in [3.8, 4) is 61.3 Å². The van der Waals surface area contributed by atoms with E-state index in [1.54, 1.807) is 0 Å². The molecule has 0 radical (unpaired) electrons. The first-order valence-corrected chi connectivity index (χ1v) is 30.5. The molecular formula is C84H56N4O2. The van der Waals surface area contributed by atoms with E-state index in [0.29, 0.717) is 0 Å². The Morgan fingerprint density at radius 2 is 0.867 bits per heavy atom. The fraction of sp³-hybridized carbons (Fsp3) is 0. The van der Waals surface area contributed by atoms with Gasteiger partial charge in [-0.05, 0) is 172 Å². The molecule has 0 saturated carbocycles. The maximum Gasteiger partial charge on any atom is 0.142 e. The summed E-state index contributed by atoms with van der Waals surface area (Å²) in [5.74, 6) is 0.756. The zero-order chi connectivity index (χ0) is 59.7. The minimum absolute atomic E-state index is 0.756. The third-order valence-electron chi connectivity index (χ3n) is 17.7. The minimum Gasteiger partial charge on any atom is -0.456 e. The van der Waals surface area contributed by atoms with Crippen LogP contribution in [0.2, 0.25) is 0 Å². The second-order valence-electron chi connectivity index (χ2n) is 23.1. The summed E-state index contributed by atoms with van der Waals surface area (Å²) >= 11 is 0. The molecule has 3 aromatic heterocycles. The molecule has 0 spiro atoms. The summed E-state index contributed by atoms with van der Waals surface area (Å²) in [5, 5.41) is 13.1. The molecule has 16 aromatic rings. The monoisotopic (exact) mass is 1150 g/mol. The number of rotatable bonds is 11. The SMILES string of the molecule is C=C1c2ccccc2N(c2cccc(-n3c4ccccc4c4cc(-c5ccc(Nc6ccccc6)c(-c6ccccc6)c5)ccc43)c2)/C=C\c2c1oc1ccc(-c3cccc(Nc4ccccc4-c4cccc(-c5ccc6oc7ccccc7c6c5)c4)c3)cc21. The molecule has 0 saturated heterocycles. The summed E-state index contributed by atoms with van der Waals surface area (Å²) < 4.78 is 15.4. The number of nitrogens with zero attached hydrogens (tertiary/aromatic N) is 2. The Hall–Kier alpha value is -12.1. The summed E-state index contributed by atoms with van der Waals surface area (Å²) in [7, 11) is 0. The van der Waals surface area contributed by atoms with E-state index >= 15 is 0 Å². The van der Waals surface area contributed by atoms with Crippen molar-refractivity contribution in [2.45, 2.75) is 0 Å². The number of hydrogen-bond donors (Lipinski definition) is 2. The summed E-state index contributed by atoms with van der Waals surface area (Å²) in [6.07, 6.45) is 4.38. The predicted octanol–water partition coefficient (Wildman–Crippen LogP) is 23.4. The Morgan fingerprint density at radius 3 is 1.72 bits per heavy atom. The van der Waals surface area contributed by atoms with Crippen LogP contribution in [0.4, 0.5) is 34.1 Å². The van der Waals surface area contributed by atoms with Gasteiger partial charge in [0.25, 0.3) is 0 Å². The minimum atomic E-state index is 0.756. The van der Waals surface area contributed by atoms with Crippen molar-refractivity contribution in [3.63, 3.8) is 0 Å². The molecule has 0 atom stereocenters. The van der Waals surface area contributed by atoms with Gasteiger partial charge in [-0.2, -0.15) is 0 Å². The Kier molecular flexibility index (Phi) is 12.6. The van der Waals surface area contributed by atoms with E-state index in [4.69, 9.17) is 15.4 Å². The second kappa shape index (κ2) is 21.7. The first-order valence-electron chi connectivity index (χ1n) is 30.5. The van der Waals surface area contributed by atoms with Crippen molar-refractivity contribution in [1.82, 2.24) is 4.57 Å². The second-order valence-corrected chi connectivity index (χ2v) is 23.1. The third kappa shape index (κ3) is 9.21. The summed E-state index contributed by atoms with van der Waals surface area (Å²) in [6, 6.07) is 108. The number of aromatic nitrogens is 1. The molecule has 6 heteroatoms. The molecule has 17 rings (SSSR count). The van der Waals surface area contributed by atoms with Gasteiger partial charge >= 0.3 is 0 Å². The molecule has 424 valence electrons. The van der Waals surface area contributed by atoms with E-state index in [2.05, 4.69) is 317 Å². The van der Waals surface area contributed by atoms with E-state index in [-0.39, 0.29) is 0 Å². The summed E-state index contributed by atoms with van der Waals surface area (Å²) in [5.41, 5.74) is 26.1. The topological polar surface area (TPSA) is 58.5 Å². The van der Waals surface area contributed by atoms with Gasteiger partial charge in [0, 0.05) is 95.1 Å². The van der Waals surface area contributed by atoms with Crippen LogP contribution in [0.25, 0.3) is 128 Å². The molecule has 0 fully saturated rings. The standard InChI is InChI=1S/C84H56N4O2/c1-54-67-29-9-13-34-78(67)87(65-27-18-28-66(53-65)88-79-35-14-10-31-69(79)73-50-59(38-42-80(73)88)58-37-41-77(85-63-24-6-3-7-25-63)72(49-58)55-19-4-2-5-20-55)46-45-71-75-52-61(40-44-83(75)90-84(54)71)57-22-17-26-64(48-57)86-76-33-12-8-30-68(76)62-23-16-21-56(47-62)60-39-43-82-74(51-60)70-32-11-15-36-81(70)89-82/h2-53,85-86H,1H2/b46-45-. The highest BCUT2D eigenvalue weighted by Crippen LogP contribution is 2.45. The lowest BCUT2D eigenvalue weighted by molar-refractivity contribution is 0.599. The van der Waals surface area contributed by atoms with Gasteiger partial charge in [0.1, 0.15) is 22.5 Å². The van der Waals surface area contributed by atoms with Crippen LogP contribution < -0.4 is 15.5 Å². The van der Waals surface area contributed by atoms with Gasteiger partial charge in [0.15, 0.2) is 0 Å².